The molecule has 2 aliphatic heterocycles. The Morgan fingerprint density at radius 2 is 1.44 bits per heavy atom. The second-order valence-electron chi connectivity index (χ2n) is 12.2. The Bertz CT molecular complexity index is 1570. The maximum atomic E-state index is 14.4. The number of hydrogen-bond acceptors (Lipinski definition) is 4. The van der Waals surface area contributed by atoms with Gasteiger partial charge in [0, 0.05) is 23.0 Å². The number of piperidine rings is 1. The van der Waals surface area contributed by atoms with Crippen LogP contribution in [0.3, 0.4) is 0 Å². The van der Waals surface area contributed by atoms with E-state index in [2.05, 4.69) is 34.2 Å². The van der Waals surface area contributed by atoms with E-state index in [4.69, 9.17) is 0 Å². The van der Waals surface area contributed by atoms with Crippen molar-refractivity contribution in [2.24, 2.45) is 5.92 Å². The topological polar surface area (TPSA) is 57.6 Å². The third-order valence-corrected chi connectivity index (χ3v) is 9.48. The van der Waals surface area contributed by atoms with Gasteiger partial charge in [-0.25, -0.2) is 0 Å². The Kier molecular flexibility index (Phi) is 9.35. The Hall–Kier alpha value is -3.74. The molecule has 3 aromatic carbocycles. The van der Waals surface area contributed by atoms with Crippen molar-refractivity contribution in [3.05, 3.63) is 112 Å². The fourth-order valence-electron chi connectivity index (χ4n) is 7.00. The molecule has 0 saturated carbocycles. The van der Waals surface area contributed by atoms with E-state index in [0.29, 0.717) is 17.5 Å². The number of carbonyl (C=O) groups is 1. The molecule has 0 bridgehead atoms. The molecule has 3 heterocycles. The molecule has 0 aliphatic carbocycles. The zero-order chi connectivity index (χ0) is 29.6. The fourth-order valence-corrected chi connectivity index (χ4v) is 7.00. The minimum absolute atomic E-state index is 0.0797. The molecule has 0 spiro atoms. The number of carbonyl (C=O) groups excluding carboxylic acids is 1. The summed E-state index contributed by atoms with van der Waals surface area (Å²) in [7, 11) is 0. The molecule has 4 aromatic rings. The standard InChI is InChI=1S/C37H44N4O2/c1-2-33(29-13-5-3-6-14-29)38-36(42)35-31-17-9-10-18-32(31)37(43)41(30-15-7-4-8-16-30)34(35)27-40-25-20-28(21-26-40)19-24-39-22-11-12-23-39/h3-10,13-18,28,33H,2,11-12,19-27H2,1H3,(H,38,42)/t33-/m0/s1. The maximum absolute atomic E-state index is 14.4. The number of amides is 1. The third-order valence-electron chi connectivity index (χ3n) is 9.48. The van der Waals surface area contributed by atoms with E-state index in [1.807, 2.05) is 72.8 Å². The highest BCUT2D eigenvalue weighted by molar-refractivity contribution is 6.08. The minimum Gasteiger partial charge on any atom is -0.345 e. The van der Waals surface area contributed by atoms with Crippen molar-refractivity contribution in [1.82, 2.24) is 19.7 Å². The van der Waals surface area contributed by atoms with E-state index in [1.165, 1.54) is 38.9 Å². The van der Waals surface area contributed by atoms with E-state index in [1.54, 1.807) is 4.57 Å². The lowest BCUT2D eigenvalue weighted by atomic mass is 9.93. The van der Waals surface area contributed by atoms with Crippen LogP contribution < -0.4 is 10.9 Å². The van der Waals surface area contributed by atoms with Gasteiger partial charge in [-0.2, -0.15) is 0 Å². The summed E-state index contributed by atoms with van der Waals surface area (Å²) in [5.74, 6) is 0.607. The van der Waals surface area contributed by atoms with Crippen LogP contribution in [0.2, 0.25) is 0 Å². The van der Waals surface area contributed by atoms with Crippen LogP contribution in [0.15, 0.2) is 89.7 Å². The molecule has 6 heteroatoms. The van der Waals surface area contributed by atoms with Gasteiger partial charge >= 0.3 is 0 Å². The zero-order valence-corrected chi connectivity index (χ0v) is 25.4. The van der Waals surface area contributed by atoms with E-state index < -0.39 is 0 Å². The summed E-state index contributed by atoms with van der Waals surface area (Å²) < 4.78 is 1.79. The molecule has 1 amide bonds. The lowest BCUT2D eigenvalue weighted by Crippen LogP contribution is -2.38. The van der Waals surface area contributed by atoms with Crippen molar-refractivity contribution in [3.8, 4) is 5.69 Å². The number of nitrogens with one attached hydrogen (secondary N) is 1. The van der Waals surface area contributed by atoms with Crippen molar-refractivity contribution in [2.45, 2.75) is 58.0 Å². The number of fused-ring (bicyclic) bond motifs is 1. The summed E-state index contributed by atoms with van der Waals surface area (Å²) in [5, 5.41) is 4.62. The molecule has 2 fully saturated rings. The molecule has 1 atom stereocenters. The first-order valence-corrected chi connectivity index (χ1v) is 16.1. The maximum Gasteiger partial charge on any atom is 0.263 e. The number of pyridine rings is 1. The van der Waals surface area contributed by atoms with Crippen LogP contribution in [0.4, 0.5) is 0 Å². The summed E-state index contributed by atoms with van der Waals surface area (Å²) in [5.41, 5.74) is 3.16. The monoisotopic (exact) mass is 576 g/mol. The van der Waals surface area contributed by atoms with Crippen LogP contribution in [0.5, 0.6) is 0 Å². The number of hydrogen-bond donors (Lipinski definition) is 1. The molecule has 2 saturated heterocycles. The largest absolute Gasteiger partial charge is 0.345 e. The molecule has 2 aliphatic rings. The first-order chi connectivity index (χ1) is 21.1. The molecule has 224 valence electrons. The SMILES string of the molecule is CC[C@H](NC(=O)c1c(CN2CCC(CCN3CCCC3)CC2)n(-c2ccccc2)c(=O)c2ccccc12)c1ccccc1. The first kappa shape index (κ1) is 29.3. The molecule has 6 nitrogen and oxygen atoms in total. The Morgan fingerprint density at radius 3 is 2.12 bits per heavy atom. The predicted octanol–water partition coefficient (Wildman–Crippen LogP) is 6.57. The molecule has 1 N–H and O–H groups in total. The highest BCUT2D eigenvalue weighted by atomic mass is 16.2. The highest BCUT2D eigenvalue weighted by Gasteiger charge is 2.28. The zero-order valence-electron chi connectivity index (χ0n) is 25.4. The molecule has 0 radical (unpaired) electrons. The van der Waals surface area contributed by atoms with E-state index in [9.17, 15) is 9.59 Å². The average Bonchev–Trinajstić information content (AvgIpc) is 3.58. The Balaban J connectivity index is 1.35. The molecule has 1 aromatic heterocycles. The van der Waals surface area contributed by atoms with Gasteiger partial charge in [-0.05, 0) is 101 Å². The lowest BCUT2D eigenvalue weighted by Gasteiger charge is -2.34. The lowest BCUT2D eigenvalue weighted by molar-refractivity contribution is 0.0932. The molecular weight excluding hydrogens is 532 g/mol. The van der Waals surface area contributed by atoms with Crippen molar-refractivity contribution in [2.75, 3.05) is 32.7 Å². The van der Waals surface area contributed by atoms with Crippen LogP contribution in [0.1, 0.15) is 73.1 Å². The summed E-state index contributed by atoms with van der Waals surface area (Å²) in [6, 6.07) is 27.4. The fraction of sp³-hybridized carbons (Fsp3) is 0.405. The van der Waals surface area contributed by atoms with E-state index >= 15 is 0 Å². The predicted molar refractivity (Wildman–Crippen MR) is 175 cm³/mol. The number of rotatable bonds is 10. The van der Waals surface area contributed by atoms with Gasteiger partial charge in [-0.1, -0.05) is 73.7 Å². The van der Waals surface area contributed by atoms with Crippen LogP contribution in [-0.2, 0) is 6.54 Å². The van der Waals surface area contributed by atoms with Gasteiger partial charge in [0.05, 0.1) is 17.3 Å². The number of para-hydroxylation sites is 1. The number of nitrogens with zero attached hydrogens (tertiary/aromatic N) is 3. The van der Waals surface area contributed by atoms with Gasteiger partial charge in [0.25, 0.3) is 11.5 Å². The van der Waals surface area contributed by atoms with Gasteiger partial charge in [0.1, 0.15) is 0 Å². The second-order valence-corrected chi connectivity index (χ2v) is 12.2. The van der Waals surface area contributed by atoms with Gasteiger partial charge in [-0.3, -0.25) is 19.1 Å². The Labute approximate surface area is 255 Å². The number of aromatic nitrogens is 1. The summed E-state index contributed by atoms with van der Waals surface area (Å²) >= 11 is 0. The van der Waals surface area contributed by atoms with Crippen LogP contribution in [0.25, 0.3) is 16.5 Å². The number of benzene rings is 3. The van der Waals surface area contributed by atoms with Crippen molar-refractivity contribution < 1.29 is 4.79 Å². The van der Waals surface area contributed by atoms with Crippen molar-refractivity contribution in [3.63, 3.8) is 0 Å². The van der Waals surface area contributed by atoms with Gasteiger partial charge < -0.3 is 10.2 Å². The summed E-state index contributed by atoms with van der Waals surface area (Å²) in [6.07, 6.45) is 7.03. The van der Waals surface area contributed by atoms with Crippen LogP contribution >= 0.6 is 0 Å². The quantitative estimate of drug-likeness (QED) is 0.232. The minimum atomic E-state index is -0.132. The van der Waals surface area contributed by atoms with Crippen molar-refractivity contribution >= 4 is 16.7 Å². The highest BCUT2D eigenvalue weighted by Crippen LogP contribution is 2.28. The molecular formula is C37H44N4O2. The van der Waals surface area contributed by atoms with Crippen molar-refractivity contribution in [1.29, 1.82) is 0 Å². The summed E-state index contributed by atoms with van der Waals surface area (Å²) in [4.78, 5) is 33.6. The van der Waals surface area contributed by atoms with Gasteiger partial charge in [0.2, 0.25) is 0 Å². The molecule has 0 unspecified atom stereocenters. The Morgan fingerprint density at radius 1 is 0.814 bits per heavy atom. The van der Waals surface area contributed by atoms with Crippen LogP contribution in [-0.4, -0.2) is 53.0 Å². The average molecular weight is 577 g/mol. The number of likely N-dealkylation sites (tertiary alicyclic amines) is 2. The molecule has 6 rings (SSSR count). The van der Waals surface area contributed by atoms with E-state index in [0.717, 1.165) is 60.6 Å². The normalized spacial score (nSPS) is 17.3. The third kappa shape index (κ3) is 6.61. The van der Waals surface area contributed by atoms with Gasteiger partial charge in [-0.15, -0.1) is 0 Å². The van der Waals surface area contributed by atoms with Crippen LogP contribution in [0, 0.1) is 5.92 Å². The summed E-state index contributed by atoms with van der Waals surface area (Å²) in [6.45, 7) is 8.32. The van der Waals surface area contributed by atoms with Gasteiger partial charge in [0.15, 0.2) is 0 Å². The van der Waals surface area contributed by atoms with E-state index in [-0.39, 0.29) is 17.5 Å². The molecule has 43 heavy (non-hydrogen) atoms. The smallest absolute Gasteiger partial charge is 0.263 e. The first-order valence-electron chi connectivity index (χ1n) is 16.1. The second kappa shape index (κ2) is 13.7.